The molecule has 136 valence electrons. The molecule has 8 heteroatoms. The van der Waals surface area contributed by atoms with Crippen LogP contribution in [0.1, 0.15) is 24.9 Å². The molecule has 2 atom stereocenters. The van der Waals surface area contributed by atoms with E-state index in [1.54, 1.807) is 18.2 Å². The fraction of sp³-hybridized carbons (Fsp3) is 0.222. The first kappa shape index (κ1) is 18.7. The predicted octanol–water partition coefficient (Wildman–Crippen LogP) is 3.50. The Bertz CT molecular complexity index is 844. The standard InChI is InChI=1S/C18H18Cl2N4O2/c1-10(25)21-13-5-6-14(20)16(8-13)22-18(26)17-9-15(23-24-17)11-3-2-4-12(19)7-11/h2-8,15,17,23-24H,9H2,1H3,(H,21,25)(H,22,26). The minimum absolute atomic E-state index is 0.0226. The zero-order valence-electron chi connectivity index (χ0n) is 14.0. The van der Waals surface area contributed by atoms with Crippen LogP contribution in [0.2, 0.25) is 10.0 Å². The first-order valence-electron chi connectivity index (χ1n) is 8.07. The van der Waals surface area contributed by atoms with Crippen LogP contribution in [0.5, 0.6) is 0 Å². The summed E-state index contributed by atoms with van der Waals surface area (Å²) in [5.74, 6) is -0.417. The number of hydrogen-bond donors (Lipinski definition) is 4. The van der Waals surface area contributed by atoms with Crippen LogP contribution < -0.4 is 21.5 Å². The van der Waals surface area contributed by atoms with Crippen LogP contribution in [0.4, 0.5) is 11.4 Å². The number of nitrogens with one attached hydrogen (secondary N) is 4. The molecule has 0 aromatic heterocycles. The molecule has 26 heavy (non-hydrogen) atoms. The Morgan fingerprint density at radius 3 is 2.62 bits per heavy atom. The van der Waals surface area contributed by atoms with Gasteiger partial charge in [0.2, 0.25) is 11.8 Å². The van der Waals surface area contributed by atoms with Crippen LogP contribution >= 0.6 is 23.2 Å². The van der Waals surface area contributed by atoms with Gasteiger partial charge in [-0.2, -0.15) is 0 Å². The maximum atomic E-state index is 12.6. The Morgan fingerprint density at radius 1 is 1.08 bits per heavy atom. The molecular formula is C18H18Cl2N4O2. The van der Waals surface area contributed by atoms with E-state index in [0.717, 1.165) is 5.56 Å². The third-order valence-electron chi connectivity index (χ3n) is 4.02. The minimum atomic E-state index is -0.431. The second kappa shape index (κ2) is 8.05. The highest BCUT2D eigenvalue weighted by molar-refractivity contribution is 6.34. The van der Waals surface area contributed by atoms with Crippen molar-refractivity contribution in [3.05, 3.63) is 58.1 Å². The number of hydrogen-bond acceptors (Lipinski definition) is 4. The van der Waals surface area contributed by atoms with Crippen molar-refractivity contribution in [1.29, 1.82) is 0 Å². The lowest BCUT2D eigenvalue weighted by Crippen LogP contribution is -2.39. The lowest BCUT2D eigenvalue weighted by molar-refractivity contribution is -0.118. The SMILES string of the molecule is CC(=O)Nc1ccc(Cl)c(NC(=O)C2CC(c3cccc(Cl)c3)NN2)c1. The van der Waals surface area contributed by atoms with Gasteiger partial charge in [-0.3, -0.25) is 9.59 Å². The summed E-state index contributed by atoms with van der Waals surface area (Å²) >= 11 is 12.2. The molecule has 2 aromatic rings. The molecule has 4 N–H and O–H groups in total. The number of carbonyl (C=O) groups excluding carboxylic acids is 2. The lowest BCUT2D eigenvalue weighted by atomic mass is 10.0. The Kier molecular flexibility index (Phi) is 5.78. The van der Waals surface area contributed by atoms with Gasteiger partial charge < -0.3 is 10.6 Å². The van der Waals surface area contributed by atoms with Crippen LogP contribution in [-0.4, -0.2) is 17.9 Å². The van der Waals surface area contributed by atoms with Crippen LogP contribution in [0.3, 0.4) is 0 Å². The van der Waals surface area contributed by atoms with Gasteiger partial charge in [0.05, 0.1) is 10.7 Å². The van der Waals surface area contributed by atoms with Crippen molar-refractivity contribution in [2.24, 2.45) is 0 Å². The first-order valence-corrected chi connectivity index (χ1v) is 8.82. The van der Waals surface area contributed by atoms with E-state index < -0.39 is 6.04 Å². The summed E-state index contributed by atoms with van der Waals surface area (Å²) in [4.78, 5) is 23.7. The Morgan fingerprint density at radius 2 is 1.88 bits per heavy atom. The van der Waals surface area contributed by atoms with E-state index in [2.05, 4.69) is 21.5 Å². The topological polar surface area (TPSA) is 82.3 Å². The molecule has 1 aliphatic heterocycles. The number of carbonyl (C=O) groups is 2. The van der Waals surface area contributed by atoms with E-state index in [9.17, 15) is 9.59 Å². The Labute approximate surface area is 161 Å². The average molecular weight is 393 g/mol. The highest BCUT2D eigenvalue weighted by Crippen LogP contribution is 2.28. The van der Waals surface area contributed by atoms with Crippen LogP contribution in [0.15, 0.2) is 42.5 Å². The molecule has 1 fully saturated rings. The number of anilines is 2. The molecule has 0 aliphatic carbocycles. The molecule has 2 unspecified atom stereocenters. The summed E-state index contributed by atoms with van der Waals surface area (Å²) in [7, 11) is 0. The molecule has 3 rings (SSSR count). The number of amides is 2. The zero-order chi connectivity index (χ0) is 18.7. The maximum Gasteiger partial charge on any atom is 0.242 e. The van der Waals surface area contributed by atoms with Gasteiger partial charge in [0.15, 0.2) is 0 Å². The van der Waals surface area contributed by atoms with Crippen molar-refractivity contribution < 1.29 is 9.59 Å². The van der Waals surface area contributed by atoms with Crippen molar-refractivity contribution in [2.45, 2.75) is 25.4 Å². The molecular weight excluding hydrogens is 375 g/mol. The zero-order valence-corrected chi connectivity index (χ0v) is 15.5. The van der Waals surface area contributed by atoms with E-state index in [0.29, 0.717) is 27.8 Å². The molecule has 6 nitrogen and oxygen atoms in total. The van der Waals surface area contributed by atoms with Crippen molar-refractivity contribution in [1.82, 2.24) is 10.9 Å². The minimum Gasteiger partial charge on any atom is -0.326 e. The summed E-state index contributed by atoms with van der Waals surface area (Å²) in [5, 5.41) is 6.50. The Hall–Kier alpha value is -2.12. The van der Waals surface area contributed by atoms with E-state index in [1.165, 1.54) is 6.92 Å². The third-order valence-corrected chi connectivity index (χ3v) is 4.58. The molecule has 1 saturated heterocycles. The van der Waals surface area contributed by atoms with E-state index >= 15 is 0 Å². The summed E-state index contributed by atoms with van der Waals surface area (Å²) < 4.78 is 0. The summed E-state index contributed by atoms with van der Waals surface area (Å²) in [6.45, 7) is 1.41. The molecule has 2 aromatic carbocycles. The number of halogens is 2. The van der Waals surface area contributed by atoms with Gasteiger partial charge in [-0.1, -0.05) is 35.3 Å². The summed E-state index contributed by atoms with van der Waals surface area (Å²) in [6.07, 6.45) is 0.565. The predicted molar refractivity (Wildman–Crippen MR) is 103 cm³/mol. The first-order chi connectivity index (χ1) is 12.4. The van der Waals surface area contributed by atoms with Crippen molar-refractivity contribution in [2.75, 3.05) is 10.6 Å². The molecule has 0 bridgehead atoms. The average Bonchev–Trinajstić information content (AvgIpc) is 3.07. The molecule has 1 heterocycles. The number of rotatable bonds is 4. The molecule has 1 aliphatic rings. The molecule has 0 radical (unpaired) electrons. The van der Waals surface area contributed by atoms with Gasteiger partial charge in [-0.25, -0.2) is 10.9 Å². The van der Waals surface area contributed by atoms with Crippen molar-refractivity contribution in [3.8, 4) is 0 Å². The van der Waals surface area contributed by atoms with Crippen LogP contribution in [-0.2, 0) is 9.59 Å². The summed E-state index contributed by atoms with van der Waals surface area (Å²) in [6, 6.07) is 12.0. The second-order valence-corrected chi connectivity index (χ2v) is 6.89. The monoisotopic (exact) mass is 392 g/mol. The maximum absolute atomic E-state index is 12.6. The molecule has 2 amide bonds. The van der Waals surface area contributed by atoms with Crippen molar-refractivity contribution in [3.63, 3.8) is 0 Å². The smallest absolute Gasteiger partial charge is 0.242 e. The molecule has 0 saturated carbocycles. The lowest BCUT2D eigenvalue weighted by Gasteiger charge is -2.13. The van der Waals surface area contributed by atoms with E-state index in [1.807, 2.05) is 24.3 Å². The van der Waals surface area contributed by atoms with Gasteiger partial charge in [-0.05, 0) is 42.3 Å². The molecule has 0 spiro atoms. The summed E-state index contributed by atoms with van der Waals surface area (Å²) in [5.41, 5.74) is 8.11. The third kappa shape index (κ3) is 4.53. The van der Waals surface area contributed by atoms with Gasteiger partial charge in [0.1, 0.15) is 6.04 Å². The normalized spacial score (nSPS) is 19.2. The van der Waals surface area contributed by atoms with Crippen LogP contribution in [0.25, 0.3) is 0 Å². The highest BCUT2D eigenvalue weighted by atomic mass is 35.5. The fourth-order valence-electron chi connectivity index (χ4n) is 2.79. The largest absolute Gasteiger partial charge is 0.326 e. The Balaban J connectivity index is 1.66. The fourth-order valence-corrected chi connectivity index (χ4v) is 3.16. The van der Waals surface area contributed by atoms with Gasteiger partial charge >= 0.3 is 0 Å². The number of benzene rings is 2. The van der Waals surface area contributed by atoms with Gasteiger partial charge in [-0.15, -0.1) is 0 Å². The van der Waals surface area contributed by atoms with E-state index in [-0.39, 0.29) is 17.9 Å². The number of hydrazine groups is 1. The van der Waals surface area contributed by atoms with Crippen molar-refractivity contribution >= 4 is 46.4 Å². The van der Waals surface area contributed by atoms with Crippen LogP contribution in [0, 0.1) is 0 Å². The quantitative estimate of drug-likeness (QED) is 0.641. The van der Waals surface area contributed by atoms with Gasteiger partial charge in [0.25, 0.3) is 0 Å². The van der Waals surface area contributed by atoms with E-state index in [4.69, 9.17) is 23.2 Å². The second-order valence-electron chi connectivity index (χ2n) is 6.05. The highest BCUT2D eigenvalue weighted by Gasteiger charge is 2.30. The van der Waals surface area contributed by atoms with Gasteiger partial charge in [0, 0.05) is 23.7 Å².